The number of carbonyl (C=O) groups is 2. The van der Waals surface area contributed by atoms with Crippen LogP contribution in [0, 0.1) is 10.1 Å². The number of hydrogen-bond acceptors (Lipinski definition) is 4. The summed E-state index contributed by atoms with van der Waals surface area (Å²) in [7, 11) is 1.56. The Bertz CT molecular complexity index is 565. The number of amides is 1. The highest BCUT2D eigenvalue weighted by molar-refractivity contribution is 5.94. The fourth-order valence-electron chi connectivity index (χ4n) is 2.52. The minimum absolute atomic E-state index is 0.0990. The Kier molecular flexibility index (Phi) is 3.73. The van der Waals surface area contributed by atoms with E-state index in [-0.39, 0.29) is 29.8 Å². The minimum Gasteiger partial charge on any atom is -0.481 e. The van der Waals surface area contributed by atoms with Gasteiger partial charge in [-0.1, -0.05) is 0 Å². The molecule has 1 aliphatic heterocycles. The van der Waals surface area contributed by atoms with Crippen LogP contribution in [0.4, 0.5) is 5.69 Å². The summed E-state index contributed by atoms with van der Waals surface area (Å²) in [5.74, 6) is -1.31. The van der Waals surface area contributed by atoms with Crippen LogP contribution in [0.15, 0.2) is 12.3 Å². The number of aromatic nitrogens is 1. The number of rotatable bonds is 4. The summed E-state index contributed by atoms with van der Waals surface area (Å²) in [5.41, 5.74) is 0.0545. The van der Waals surface area contributed by atoms with Gasteiger partial charge >= 0.3 is 5.97 Å². The molecular weight excluding hydrogens is 266 g/mol. The van der Waals surface area contributed by atoms with Gasteiger partial charge < -0.3 is 14.6 Å². The van der Waals surface area contributed by atoms with Crippen molar-refractivity contribution < 1.29 is 19.6 Å². The molecule has 108 valence electrons. The molecule has 0 bridgehead atoms. The second-order valence-corrected chi connectivity index (χ2v) is 4.84. The van der Waals surface area contributed by atoms with Gasteiger partial charge in [-0.05, 0) is 12.8 Å². The van der Waals surface area contributed by atoms with E-state index in [9.17, 15) is 19.7 Å². The third-order valence-electron chi connectivity index (χ3n) is 3.47. The average molecular weight is 281 g/mol. The highest BCUT2D eigenvalue weighted by atomic mass is 16.6. The van der Waals surface area contributed by atoms with Gasteiger partial charge in [0.2, 0.25) is 0 Å². The van der Waals surface area contributed by atoms with Gasteiger partial charge in [-0.25, -0.2) is 0 Å². The first-order valence-corrected chi connectivity index (χ1v) is 6.23. The molecule has 0 aromatic carbocycles. The number of nitro groups is 1. The van der Waals surface area contributed by atoms with E-state index in [0.717, 1.165) is 6.42 Å². The SMILES string of the molecule is Cn1cc([N+](=O)[O-])cc1C(=O)N1CCCC1CC(=O)O. The molecule has 1 atom stereocenters. The predicted molar refractivity (Wildman–Crippen MR) is 68.4 cm³/mol. The first-order valence-electron chi connectivity index (χ1n) is 6.23. The molecule has 0 spiro atoms. The van der Waals surface area contributed by atoms with E-state index in [1.54, 1.807) is 7.05 Å². The lowest BCUT2D eigenvalue weighted by atomic mass is 10.1. The largest absolute Gasteiger partial charge is 0.481 e. The lowest BCUT2D eigenvalue weighted by molar-refractivity contribution is -0.384. The normalized spacial score (nSPS) is 18.2. The first kappa shape index (κ1) is 14.0. The third-order valence-corrected chi connectivity index (χ3v) is 3.47. The van der Waals surface area contributed by atoms with Gasteiger partial charge in [-0.2, -0.15) is 0 Å². The fraction of sp³-hybridized carbons (Fsp3) is 0.500. The Labute approximate surface area is 114 Å². The molecule has 0 aliphatic carbocycles. The topological polar surface area (TPSA) is 106 Å². The van der Waals surface area contributed by atoms with Crippen LogP contribution in [-0.2, 0) is 11.8 Å². The van der Waals surface area contributed by atoms with Gasteiger partial charge in [0.1, 0.15) is 5.69 Å². The van der Waals surface area contributed by atoms with Crippen molar-refractivity contribution in [2.75, 3.05) is 6.54 Å². The molecule has 1 N–H and O–H groups in total. The molecule has 0 radical (unpaired) electrons. The number of aliphatic carboxylic acids is 1. The number of hydrogen-bond donors (Lipinski definition) is 1. The highest BCUT2D eigenvalue weighted by Crippen LogP contribution is 2.24. The van der Waals surface area contributed by atoms with E-state index in [4.69, 9.17) is 5.11 Å². The summed E-state index contributed by atoms with van der Waals surface area (Å²) in [6, 6.07) is 0.882. The molecule has 0 saturated carbocycles. The van der Waals surface area contributed by atoms with Crippen molar-refractivity contribution in [2.24, 2.45) is 7.05 Å². The van der Waals surface area contributed by atoms with Crippen molar-refractivity contribution in [3.63, 3.8) is 0 Å². The van der Waals surface area contributed by atoms with Crippen molar-refractivity contribution in [1.29, 1.82) is 0 Å². The molecule has 1 aromatic rings. The minimum atomic E-state index is -0.951. The van der Waals surface area contributed by atoms with Crippen molar-refractivity contribution in [3.05, 3.63) is 28.1 Å². The highest BCUT2D eigenvalue weighted by Gasteiger charge is 2.32. The van der Waals surface area contributed by atoms with E-state index >= 15 is 0 Å². The van der Waals surface area contributed by atoms with Crippen molar-refractivity contribution in [2.45, 2.75) is 25.3 Å². The molecule has 1 aromatic heterocycles. The number of nitrogens with zero attached hydrogens (tertiary/aromatic N) is 3. The molecule has 1 saturated heterocycles. The second-order valence-electron chi connectivity index (χ2n) is 4.84. The van der Waals surface area contributed by atoms with E-state index in [1.807, 2.05) is 0 Å². The van der Waals surface area contributed by atoms with E-state index in [0.29, 0.717) is 13.0 Å². The van der Waals surface area contributed by atoms with Gasteiger partial charge in [0.15, 0.2) is 0 Å². The Hall–Kier alpha value is -2.38. The maximum absolute atomic E-state index is 12.4. The van der Waals surface area contributed by atoms with Crippen molar-refractivity contribution in [3.8, 4) is 0 Å². The fourth-order valence-corrected chi connectivity index (χ4v) is 2.52. The molecular formula is C12H15N3O5. The zero-order valence-corrected chi connectivity index (χ0v) is 11.0. The molecule has 1 amide bonds. The maximum atomic E-state index is 12.4. The summed E-state index contributed by atoms with van der Waals surface area (Å²) in [4.78, 5) is 34.8. The van der Waals surface area contributed by atoms with Gasteiger partial charge in [0.25, 0.3) is 11.6 Å². The Morgan fingerprint density at radius 2 is 2.25 bits per heavy atom. The zero-order chi connectivity index (χ0) is 14.9. The summed E-state index contributed by atoms with van der Waals surface area (Å²) >= 11 is 0. The summed E-state index contributed by atoms with van der Waals surface area (Å²) in [6.07, 6.45) is 2.56. The van der Waals surface area contributed by atoms with E-state index in [1.165, 1.54) is 21.7 Å². The van der Waals surface area contributed by atoms with Gasteiger partial charge in [-0.3, -0.25) is 19.7 Å². The van der Waals surface area contributed by atoms with Gasteiger partial charge in [0.05, 0.1) is 17.5 Å². The first-order chi connectivity index (χ1) is 9.40. The number of carboxylic acid groups (broad SMARTS) is 1. The van der Waals surface area contributed by atoms with Crippen LogP contribution < -0.4 is 0 Å². The number of aryl methyl sites for hydroxylation is 1. The lowest BCUT2D eigenvalue weighted by Crippen LogP contribution is -2.37. The number of carboxylic acids is 1. The molecule has 1 unspecified atom stereocenters. The number of carbonyl (C=O) groups excluding carboxylic acids is 1. The van der Waals surface area contributed by atoms with E-state index < -0.39 is 10.9 Å². The molecule has 8 heteroatoms. The number of likely N-dealkylation sites (tertiary alicyclic amines) is 1. The molecule has 1 fully saturated rings. The van der Waals surface area contributed by atoms with Crippen LogP contribution >= 0.6 is 0 Å². The zero-order valence-electron chi connectivity index (χ0n) is 11.0. The standard InChI is InChI=1S/C12H15N3O5/c1-13-7-9(15(19)20)5-10(13)12(18)14-4-2-3-8(14)6-11(16)17/h5,7-8H,2-4,6H2,1H3,(H,16,17). The average Bonchev–Trinajstić information content (AvgIpc) is 2.94. The Balaban J connectivity index is 2.22. The molecule has 2 rings (SSSR count). The smallest absolute Gasteiger partial charge is 0.305 e. The summed E-state index contributed by atoms with van der Waals surface area (Å²) in [5, 5.41) is 19.6. The van der Waals surface area contributed by atoms with Crippen LogP contribution in [0.3, 0.4) is 0 Å². The molecule has 2 heterocycles. The molecule has 1 aliphatic rings. The van der Waals surface area contributed by atoms with Crippen LogP contribution in [0.1, 0.15) is 29.8 Å². The Morgan fingerprint density at radius 1 is 1.55 bits per heavy atom. The van der Waals surface area contributed by atoms with Crippen molar-refractivity contribution >= 4 is 17.6 Å². The van der Waals surface area contributed by atoms with Crippen LogP contribution in [-0.4, -0.2) is 44.0 Å². The van der Waals surface area contributed by atoms with Crippen LogP contribution in [0.25, 0.3) is 0 Å². The maximum Gasteiger partial charge on any atom is 0.305 e. The lowest BCUT2D eigenvalue weighted by Gasteiger charge is -2.23. The van der Waals surface area contributed by atoms with Crippen LogP contribution in [0.2, 0.25) is 0 Å². The second kappa shape index (κ2) is 5.32. The predicted octanol–water partition coefficient (Wildman–Crippen LogP) is 1.01. The summed E-state index contributed by atoms with van der Waals surface area (Å²) < 4.78 is 1.40. The van der Waals surface area contributed by atoms with Crippen molar-refractivity contribution in [1.82, 2.24) is 9.47 Å². The quantitative estimate of drug-likeness (QED) is 0.655. The van der Waals surface area contributed by atoms with Gasteiger partial charge in [0, 0.05) is 25.7 Å². The van der Waals surface area contributed by atoms with Crippen LogP contribution in [0.5, 0.6) is 0 Å². The summed E-state index contributed by atoms with van der Waals surface area (Å²) in [6.45, 7) is 0.482. The van der Waals surface area contributed by atoms with E-state index in [2.05, 4.69) is 0 Å². The monoisotopic (exact) mass is 281 g/mol. The molecule has 20 heavy (non-hydrogen) atoms. The Morgan fingerprint density at radius 3 is 2.80 bits per heavy atom. The third kappa shape index (κ3) is 2.63. The van der Waals surface area contributed by atoms with Gasteiger partial charge in [-0.15, -0.1) is 0 Å². The molecule has 8 nitrogen and oxygen atoms in total.